The summed E-state index contributed by atoms with van der Waals surface area (Å²) >= 11 is 0. The van der Waals surface area contributed by atoms with Crippen LogP contribution < -0.4 is 10.9 Å². The van der Waals surface area contributed by atoms with Gasteiger partial charge < -0.3 is 5.32 Å². The van der Waals surface area contributed by atoms with Crippen LogP contribution in [0.2, 0.25) is 0 Å². The maximum atomic E-state index is 14.1. The highest BCUT2D eigenvalue weighted by Crippen LogP contribution is 2.25. The van der Waals surface area contributed by atoms with Gasteiger partial charge in [0, 0.05) is 13.2 Å². The van der Waals surface area contributed by atoms with E-state index in [-0.39, 0.29) is 22.6 Å². The van der Waals surface area contributed by atoms with Crippen LogP contribution in [0.1, 0.15) is 15.9 Å². The van der Waals surface area contributed by atoms with Gasteiger partial charge in [-0.15, -0.1) is 0 Å². The van der Waals surface area contributed by atoms with Crippen molar-refractivity contribution in [1.29, 1.82) is 0 Å². The summed E-state index contributed by atoms with van der Waals surface area (Å²) in [5.41, 5.74) is 1.15. The van der Waals surface area contributed by atoms with Crippen LogP contribution in [0.5, 0.6) is 0 Å². The summed E-state index contributed by atoms with van der Waals surface area (Å²) in [6, 6.07) is 7.91. The molecule has 3 rings (SSSR count). The standard InChI is InChI=1S/C17H14FN3O2/c1-10-5-6-14(13(18)8-10)20-16-12(9-22)15-11(4-3-7-19-15)17(23)21(16)2/h3-9,20H,1-2H3. The second-order valence-corrected chi connectivity index (χ2v) is 5.25. The molecule has 116 valence electrons. The van der Waals surface area contributed by atoms with E-state index in [0.717, 1.165) is 5.56 Å². The molecule has 2 aromatic heterocycles. The molecule has 0 radical (unpaired) electrons. The summed E-state index contributed by atoms with van der Waals surface area (Å²) in [7, 11) is 1.52. The average Bonchev–Trinajstić information content (AvgIpc) is 2.55. The Hall–Kier alpha value is -3.02. The number of aldehydes is 1. The van der Waals surface area contributed by atoms with Crippen LogP contribution in [-0.4, -0.2) is 15.8 Å². The van der Waals surface area contributed by atoms with Crippen LogP contribution in [0.3, 0.4) is 0 Å². The molecule has 2 heterocycles. The number of aryl methyl sites for hydroxylation is 1. The minimum Gasteiger partial charge on any atom is -0.339 e. The largest absolute Gasteiger partial charge is 0.339 e. The van der Waals surface area contributed by atoms with E-state index in [1.165, 1.54) is 23.9 Å². The van der Waals surface area contributed by atoms with Gasteiger partial charge in [0.15, 0.2) is 6.29 Å². The number of rotatable bonds is 3. The molecule has 0 aliphatic rings. The second kappa shape index (κ2) is 5.64. The number of nitrogens with zero attached hydrogens (tertiary/aromatic N) is 2. The minimum absolute atomic E-state index is 0.184. The zero-order valence-electron chi connectivity index (χ0n) is 12.6. The Kier molecular flexibility index (Phi) is 3.65. The molecule has 0 spiro atoms. The molecule has 0 aliphatic heterocycles. The molecule has 0 amide bonds. The summed E-state index contributed by atoms with van der Waals surface area (Å²) < 4.78 is 15.3. The van der Waals surface area contributed by atoms with Crippen LogP contribution in [0, 0.1) is 12.7 Å². The molecule has 23 heavy (non-hydrogen) atoms. The molecule has 1 N–H and O–H groups in total. The predicted molar refractivity (Wildman–Crippen MR) is 86.8 cm³/mol. The Balaban J connectivity index is 2.26. The first-order chi connectivity index (χ1) is 11.0. The van der Waals surface area contributed by atoms with E-state index in [9.17, 15) is 14.0 Å². The molecule has 3 aromatic rings. The Bertz CT molecular complexity index is 979. The van der Waals surface area contributed by atoms with Gasteiger partial charge in [-0.2, -0.15) is 0 Å². The lowest BCUT2D eigenvalue weighted by Gasteiger charge is -2.15. The highest BCUT2D eigenvalue weighted by Gasteiger charge is 2.16. The Morgan fingerprint density at radius 1 is 1.30 bits per heavy atom. The summed E-state index contributed by atoms with van der Waals surface area (Å²) in [6.07, 6.45) is 2.12. The van der Waals surface area contributed by atoms with Crippen molar-refractivity contribution in [2.24, 2.45) is 7.05 Å². The highest BCUT2D eigenvalue weighted by molar-refractivity contribution is 6.00. The number of hydrogen-bond donors (Lipinski definition) is 1. The van der Waals surface area contributed by atoms with Gasteiger partial charge in [-0.05, 0) is 36.8 Å². The van der Waals surface area contributed by atoms with Gasteiger partial charge in [0.2, 0.25) is 0 Å². The molecule has 0 bridgehead atoms. The molecule has 1 aromatic carbocycles. The lowest BCUT2D eigenvalue weighted by Crippen LogP contribution is -2.22. The number of hydrogen-bond acceptors (Lipinski definition) is 4. The van der Waals surface area contributed by atoms with Gasteiger partial charge in [0.25, 0.3) is 5.56 Å². The van der Waals surface area contributed by atoms with E-state index in [2.05, 4.69) is 10.3 Å². The molecule has 0 aliphatic carbocycles. The first-order valence-corrected chi connectivity index (χ1v) is 6.99. The van der Waals surface area contributed by atoms with Gasteiger partial charge in [-0.25, -0.2) is 4.39 Å². The van der Waals surface area contributed by atoms with Crippen molar-refractivity contribution >= 4 is 28.7 Å². The number of carbonyl (C=O) groups is 1. The van der Waals surface area contributed by atoms with Crippen LogP contribution in [-0.2, 0) is 7.05 Å². The summed E-state index contributed by atoms with van der Waals surface area (Å²) in [6.45, 7) is 1.78. The van der Waals surface area contributed by atoms with Crippen LogP contribution in [0.15, 0.2) is 41.3 Å². The minimum atomic E-state index is -0.463. The fourth-order valence-corrected chi connectivity index (χ4v) is 2.48. The van der Waals surface area contributed by atoms with Gasteiger partial charge in [0.05, 0.1) is 22.2 Å². The molecule has 0 atom stereocenters. The Morgan fingerprint density at radius 2 is 2.09 bits per heavy atom. The summed E-state index contributed by atoms with van der Waals surface area (Å²) in [5.74, 6) is -0.255. The van der Waals surface area contributed by atoms with Gasteiger partial charge in [-0.3, -0.25) is 19.1 Å². The number of anilines is 2. The smallest absolute Gasteiger partial charge is 0.261 e. The molecule has 0 fully saturated rings. The second-order valence-electron chi connectivity index (χ2n) is 5.25. The van der Waals surface area contributed by atoms with Crippen molar-refractivity contribution in [3.8, 4) is 0 Å². The molecule has 6 heteroatoms. The van der Waals surface area contributed by atoms with Crippen molar-refractivity contribution in [2.75, 3.05) is 5.32 Å². The van der Waals surface area contributed by atoms with Crippen LogP contribution in [0.4, 0.5) is 15.9 Å². The van der Waals surface area contributed by atoms with Crippen molar-refractivity contribution in [1.82, 2.24) is 9.55 Å². The van der Waals surface area contributed by atoms with Crippen LogP contribution >= 0.6 is 0 Å². The molecular formula is C17H14FN3O2. The van der Waals surface area contributed by atoms with E-state index in [4.69, 9.17) is 0 Å². The number of benzene rings is 1. The molecule has 0 unspecified atom stereocenters. The number of aromatic nitrogens is 2. The van der Waals surface area contributed by atoms with E-state index < -0.39 is 5.82 Å². The molecule has 5 nitrogen and oxygen atoms in total. The number of halogens is 1. The van der Waals surface area contributed by atoms with E-state index >= 15 is 0 Å². The number of carbonyl (C=O) groups excluding carboxylic acids is 1. The number of fused-ring (bicyclic) bond motifs is 1. The topological polar surface area (TPSA) is 64.0 Å². The van der Waals surface area contributed by atoms with Crippen molar-refractivity contribution in [3.63, 3.8) is 0 Å². The fraction of sp³-hybridized carbons (Fsp3) is 0.118. The lowest BCUT2D eigenvalue weighted by atomic mass is 10.1. The monoisotopic (exact) mass is 311 g/mol. The van der Waals surface area contributed by atoms with Gasteiger partial charge in [0.1, 0.15) is 11.6 Å². The average molecular weight is 311 g/mol. The third-order valence-corrected chi connectivity index (χ3v) is 3.68. The SMILES string of the molecule is Cc1ccc(Nc2c(C=O)c3ncccc3c(=O)n2C)c(F)c1. The summed E-state index contributed by atoms with van der Waals surface area (Å²) in [5, 5.41) is 3.18. The van der Waals surface area contributed by atoms with E-state index in [0.29, 0.717) is 17.2 Å². The molecular weight excluding hydrogens is 297 g/mol. The third-order valence-electron chi connectivity index (χ3n) is 3.68. The zero-order chi connectivity index (χ0) is 16.6. The summed E-state index contributed by atoms with van der Waals surface area (Å²) in [4.78, 5) is 28.1. The first-order valence-electron chi connectivity index (χ1n) is 6.99. The maximum absolute atomic E-state index is 14.1. The Morgan fingerprint density at radius 3 is 2.78 bits per heavy atom. The maximum Gasteiger partial charge on any atom is 0.261 e. The molecule has 0 saturated heterocycles. The van der Waals surface area contributed by atoms with Crippen molar-refractivity contribution in [3.05, 3.63) is 63.8 Å². The predicted octanol–water partition coefficient (Wildman–Crippen LogP) is 2.94. The first kappa shape index (κ1) is 14.9. The quantitative estimate of drug-likeness (QED) is 0.755. The number of pyridine rings is 2. The van der Waals surface area contributed by atoms with E-state index in [1.54, 1.807) is 31.2 Å². The Labute approximate surface area is 131 Å². The third kappa shape index (κ3) is 2.48. The highest BCUT2D eigenvalue weighted by atomic mass is 19.1. The van der Waals surface area contributed by atoms with Crippen LogP contribution in [0.25, 0.3) is 10.9 Å². The van der Waals surface area contributed by atoms with E-state index in [1.807, 2.05) is 0 Å². The van der Waals surface area contributed by atoms with Crippen molar-refractivity contribution in [2.45, 2.75) is 6.92 Å². The molecule has 0 saturated carbocycles. The van der Waals surface area contributed by atoms with Crippen molar-refractivity contribution < 1.29 is 9.18 Å². The number of nitrogens with one attached hydrogen (secondary N) is 1. The zero-order valence-corrected chi connectivity index (χ0v) is 12.6. The lowest BCUT2D eigenvalue weighted by molar-refractivity contribution is 0.112. The normalized spacial score (nSPS) is 10.7. The van der Waals surface area contributed by atoms with Gasteiger partial charge >= 0.3 is 0 Å². The van der Waals surface area contributed by atoms with Gasteiger partial charge in [-0.1, -0.05) is 6.07 Å². The fourth-order valence-electron chi connectivity index (χ4n) is 2.48.